The lowest BCUT2D eigenvalue weighted by Gasteiger charge is -2.34. The van der Waals surface area contributed by atoms with Crippen molar-refractivity contribution in [3.05, 3.63) is 35.8 Å². The Bertz CT molecular complexity index is 640. The predicted molar refractivity (Wildman–Crippen MR) is 96.2 cm³/mol. The number of hydrogen-bond acceptors (Lipinski definition) is 3. The number of pyridine rings is 1. The molecule has 2 aliphatic heterocycles. The van der Waals surface area contributed by atoms with Crippen LogP contribution in [0, 0.1) is 12.8 Å². The zero-order chi connectivity index (χ0) is 14.9. The lowest BCUT2D eigenvalue weighted by molar-refractivity contribution is 0.156. The van der Waals surface area contributed by atoms with E-state index in [0.29, 0.717) is 0 Å². The molecule has 0 amide bonds. The lowest BCUT2D eigenvalue weighted by Crippen LogP contribution is -2.40. The standard InChI is InChI=1S/C18H26N4.ClH/c1-14-4-5-18-20-16(13-22(18)11-14)12-21-9-6-15(7-10-21)17-3-2-8-19-17;/h4-5,11,13,15,17,19H,2-3,6-10,12H2,1H3;1H. The fourth-order valence-corrected chi connectivity index (χ4v) is 4.09. The van der Waals surface area contributed by atoms with Gasteiger partial charge >= 0.3 is 0 Å². The molecule has 1 atom stereocenters. The molecule has 2 saturated heterocycles. The molecular weight excluding hydrogens is 308 g/mol. The number of aromatic nitrogens is 2. The molecule has 1 N–H and O–H groups in total. The van der Waals surface area contributed by atoms with Crippen molar-refractivity contribution in [1.29, 1.82) is 0 Å². The van der Waals surface area contributed by atoms with Crippen molar-refractivity contribution in [2.24, 2.45) is 5.92 Å². The van der Waals surface area contributed by atoms with E-state index in [9.17, 15) is 0 Å². The molecule has 0 bridgehead atoms. The molecule has 2 aromatic rings. The largest absolute Gasteiger partial charge is 0.314 e. The summed E-state index contributed by atoms with van der Waals surface area (Å²) in [5.41, 5.74) is 3.54. The van der Waals surface area contributed by atoms with Crippen LogP contribution in [0.3, 0.4) is 0 Å². The number of piperidine rings is 1. The summed E-state index contributed by atoms with van der Waals surface area (Å²) in [6.07, 6.45) is 9.77. The number of rotatable bonds is 3. The van der Waals surface area contributed by atoms with Crippen molar-refractivity contribution >= 4 is 18.1 Å². The van der Waals surface area contributed by atoms with Gasteiger partial charge in [0.1, 0.15) is 5.65 Å². The number of halogens is 1. The Balaban J connectivity index is 0.00000156. The van der Waals surface area contributed by atoms with Crippen LogP contribution in [0.5, 0.6) is 0 Å². The molecule has 1 unspecified atom stereocenters. The van der Waals surface area contributed by atoms with Crippen molar-refractivity contribution in [3.8, 4) is 0 Å². The minimum atomic E-state index is 0. The maximum Gasteiger partial charge on any atom is 0.137 e. The molecular formula is C18H27ClN4. The molecule has 4 nitrogen and oxygen atoms in total. The predicted octanol–water partition coefficient (Wildman–Crippen LogP) is 3.03. The van der Waals surface area contributed by atoms with Crippen LogP contribution in [-0.4, -0.2) is 40.0 Å². The fourth-order valence-electron chi connectivity index (χ4n) is 4.09. The van der Waals surface area contributed by atoms with E-state index < -0.39 is 0 Å². The summed E-state index contributed by atoms with van der Waals surface area (Å²) in [5.74, 6) is 0.891. The van der Waals surface area contributed by atoms with E-state index in [-0.39, 0.29) is 12.4 Å². The third-order valence-corrected chi connectivity index (χ3v) is 5.33. The van der Waals surface area contributed by atoms with E-state index >= 15 is 0 Å². The Morgan fingerprint density at radius 2 is 2.00 bits per heavy atom. The molecule has 2 aliphatic rings. The van der Waals surface area contributed by atoms with Gasteiger partial charge in [-0.05, 0) is 69.8 Å². The number of hydrogen-bond donors (Lipinski definition) is 1. The van der Waals surface area contributed by atoms with Gasteiger partial charge in [0.2, 0.25) is 0 Å². The van der Waals surface area contributed by atoms with E-state index in [1.54, 1.807) is 0 Å². The van der Waals surface area contributed by atoms with E-state index in [2.05, 4.69) is 46.1 Å². The first-order valence-electron chi connectivity index (χ1n) is 8.68. The van der Waals surface area contributed by atoms with Gasteiger partial charge in [0.25, 0.3) is 0 Å². The van der Waals surface area contributed by atoms with Crippen LogP contribution in [0.4, 0.5) is 0 Å². The number of fused-ring (bicyclic) bond motifs is 1. The molecule has 23 heavy (non-hydrogen) atoms. The summed E-state index contributed by atoms with van der Waals surface area (Å²) >= 11 is 0. The van der Waals surface area contributed by atoms with Crippen molar-refractivity contribution < 1.29 is 0 Å². The first-order chi connectivity index (χ1) is 10.8. The lowest BCUT2D eigenvalue weighted by atomic mass is 9.88. The number of aryl methyl sites for hydroxylation is 1. The van der Waals surface area contributed by atoms with Gasteiger partial charge in [-0.3, -0.25) is 4.90 Å². The number of likely N-dealkylation sites (tertiary alicyclic amines) is 1. The van der Waals surface area contributed by atoms with Gasteiger partial charge in [0, 0.05) is 25.0 Å². The van der Waals surface area contributed by atoms with E-state index in [4.69, 9.17) is 4.98 Å². The second-order valence-electron chi connectivity index (χ2n) is 7.02. The van der Waals surface area contributed by atoms with E-state index in [0.717, 1.165) is 24.2 Å². The molecule has 0 radical (unpaired) electrons. The molecule has 0 aromatic carbocycles. The van der Waals surface area contributed by atoms with Crippen LogP contribution in [0.1, 0.15) is 36.9 Å². The van der Waals surface area contributed by atoms with Gasteiger partial charge in [0.05, 0.1) is 5.69 Å². The van der Waals surface area contributed by atoms with Gasteiger partial charge < -0.3 is 9.72 Å². The summed E-state index contributed by atoms with van der Waals surface area (Å²) in [4.78, 5) is 7.32. The maximum absolute atomic E-state index is 4.75. The highest BCUT2D eigenvalue weighted by Crippen LogP contribution is 2.26. The van der Waals surface area contributed by atoms with Crippen LogP contribution in [0.25, 0.3) is 5.65 Å². The van der Waals surface area contributed by atoms with Crippen LogP contribution < -0.4 is 5.32 Å². The third-order valence-electron chi connectivity index (χ3n) is 5.33. The molecule has 4 rings (SSSR count). The summed E-state index contributed by atoms with van der Waals surface area (Å²) in [7, 11) is 0. The van der Waals surface area contributed by atoms with Crippen LogP contribution in [0.2, 0.25) is 0 Å². The second kappa shape index (κ2) is 7.20. The van der Waals surface area contributed by atoms with Gasteiger partial charge in [-0.25, -0.2) is 4.98 Å². The molecule has 2 fully saturated rings. The average Bonchev–Trinajstić information content (AvgIpc) is 3.16. The first kappa shape index (κ1) is 16.7. The summed E-state index contributed by atoms with van der Waals surface area (Å²) in [5, 5.41) is 3.68. The average molecular weight is 335 g/mol. The zero-order valence-corrected chi connectivity index (χ0v) is 14.7. The highest BCUT2D eigenvalue weighted by Gasteiger charge is 2.28. The van der Waals surface area contributed by atoms with Gasteiger partial charge in [-0.1, -0.05) is 6.07 Å². The van der Waals surface area contributed by atoms with E-state index in [1.807, 2.05) is 0 Å². The minimum absolute atomic E-state index is 0. The summed E-state index contributed by atoms with van der Waals surface area (Å²) in [6.45, 7) is 6.78. The van der Waals surface area contributed by atoms with Crippen molar-refractivity contribution in [1.82, 2.24) is 19.6 Å². The van der Waals surface area contributed by atoms with Crippen molar-refractivity contribution in [2.45, 2.75) is 45.2 Å². The Hall–Kier alpha value is -1.10. The maximum atomic E-state index is 4.75. The van der Waals surface area contributed by atoms with Crippen molar-refractivity contribution in [3.63, 3.8) is 0 Å². The smallest absolute Gasteiger partial charge is 0.137 e. The molecule has 126 valence electrons. The highest BCUT2D eigenvalue weighted by atomic mass is 35.5. The third kappa shape index (κ3) is 3.70. The topological polar surface area (TPSA) is 32.6 Å². The normalized spacial score (nSPS) is 23.3. The molecule has 2 aromatic heterocycles. The SMILES string of the molecule is Cc1ccc2nc(CN3CCC(C4CCCN4)CC3)cn2c1.Cl. The minimum Gasteiger partial charge on any atom is -0.314 e. The Kier molecular flexibility index (Phi) is 5.24. The number of imidazole rings is 1. The zero-order valence-electron chi connectivity index (χ0n) is 13.9. The van der Waals surface area contributed by atoms with E-state index in [1.165, 1.54) is 56.6 Å². The molecule has 0 saturated carbocycles. The number of nitrogens with zero attached hydrogens (tertiary/aromatic N) is 3. The highest BCUT2D eigenvalue weighted by molar-refractivity contribution is 5.85. The van der Waals surface area contributed by atoms with Crippen LogP contribution >= 0.6 is 12.4 Å². The Morgan fingerprint density at radius 3 is 2.74 bits per heavy atom. The fraction of sp³-hybridized carbons (Fsp3) is 0.611. The Morgan fingerprint density at radius 1 is 1.17 bits per heavy atom. The first-order valence-corrected chi connectivity index (χ1v) is 8.68. The Labute approximate surface area is 144 Å². The van der Waals surface area contributed by atoms with Gasteiger partial charge in [-0.2, -0.15) is 0 Å². The van der Waals surface area contributed by atoms with Crippen molar-refractivity contribution in [2.75, 3.05) is 19.6 Å². The number of nitrogens with one attached hydrogen (secondary N) is 1. The molecule has 0 spiro atoms. The molecule has 5 heteroatoms. The quantitative estimate of drug-likeness (QED) is 0.936. The summed E-state index contributed by atoms with van der Waals surface area (Å²) in [6, 6.07) is 5.03. The summed E-state index contributed by atoms with van der Waals surface area (Å²) < 4.78 is 2.15. The molecule has 4 heterocycles. The van der Waals surface area contributed by atoms with Crippen LogP contribution in [-0.2, 0) is 6.54 Å². The van der Waals surface area contributed by atoms with Gasteiger partial charge in [-0.15, -0.1) is 12.4 Å². The monoisotopic (exact) mass is 334 g/mol. The second-order valence-corrected chi connectivity index (χ2v) is 7.02. The molecule has 0 aliphatic carbocycles. The van der Waals surface area contributed by atoms with Crippen LogP contribution in [0.15, 0.2) is 24.5 Å². The van der Waals surface area contributed by atoms with Gasteiger partial charge in [0.15, 0.2) is 0 Å².